The monoisotopic (exact) mass is 1160 g/mol. The van der Waals surface area contributed by atoms with E-state index in [1.54, 1.807) is 19.1 Å². The van der Waals surface area contributed by atoms with E-state index < -0.39 is 69.8 Å². The molecule has 16 heteroatoms. The maximum absolute atomic E-state index is 13.8. The second-order valence-corrected chi connectivity index (χ2v) is 18.4. The van der Waals surface area contributed by atoms with E-state index in [0.717, 1.165) is 69.3 Å². The van der Waals surface area contributed by atoms with Gasteiger partial charge in [0.25, 0.3) is 0 Å². The zero-order valence-electron chi connectivity index (χ0n) is 43.3. The van der Waals surface area contributed by atoms with Crippen molar-refractivity contribution in [3.63, 3.8) is 0 Å². The average molecular weight is 1160 g/mol. The number of Topliss-reactive ketones (excluding diaryl/α,β-unsaturated/α-hetero) is 1. The molecule has 6 aromatic rings. The molecule has 0 bridgehead atoms. The second kappa shape index (κ2) is 31.6. The first-order chi connectivity index (χ1) is 32.9. The van der Waals surface area contributed by atoms with Crippen molar-refractivity contribution in [1.29, 1.82) is 0 Å². The summed E-state index contributed by atoms with van der Waals surface area (Å²) in [6, 6.07) is 20.6. The summed E-state index contributed by atoms with van der Waals surface area (Å²) in [6.07, 6.45) is 8.14. The molecule has 0 N–H and O–H groups in total. The Bertz CT molecular complexity index is 2540. The van der Waals surface area contributed by atoms with E-state index in [9.17, 15) is 57.5 Å². The molecule has 0 atom stereocenters. The third kappa shape index (κ3) is 19.3. The van der Waals surface area contributed by atoms with Crippen LogP contribution in [0.15, 0.2) is 83.3 Å². The fourth-order valence-corrected chi connectivity index (χ4v) is 7.43. The molecule has 2 aliphatic rings. The normalized spacial score (nSPS) is 14.9. The van der Waals surface area contributed by atoms with Gasteiger partial charge >= 0.3 is 25.9 Å². The smallest absolute Gasteiger partial charge is 1.00 e. The average Bonchev–Trinajstić information content (AvgIpc) is 3.33. The molecule has 1 nitrogen and oxygen atoms in total. The van der Waals surface area contributed by atoms with E-state index >= 15 is 0 Å². The molecular weight excluding hydrogens is 1100 g/mol. The van der Waals surface area contributed by atoms with Crippen molar-refractivity contribution in [1.82, 2.24) is 0 Å². The first kappa shape index (κ1) is 65.9. The minimum atomic E-state index is -1.17. The quantitative estimate of drug-likeness (QED) is 0.0731. The van der Waals surface area contributed by atoms with E-state index in [2.05, 4.69) is 35.8 Å². The van der Waals surface area contributed by atoms with Gasteiger partial charge in [-0.05, 0) is 139 Å². The van der Waals surface area contributed by atoms with E-state index in [-0.39, 0.29) is 75.5 Å². The zero-order chi connectivity index (χ0) is 52.6. The largest absolute Gasteiger partial charge is 2.00 e. The summed E-state index contributed by atoms with van der Waals surface area (Å²) < 4.78 is 156. The Balaban J connectivity index is 0. The molecule has 8 rings (SSSR count). The van der Waals surface area contributed by atoms with E-state index in [1.807, 2.05) is 0 Å². The van der Waals surface area contributed by atoms with Gasteiger partial charge < -0.3 is 17.0 Å². The first-order valence-corrected chi connectivity index (χ1v) is 23.4. The van der Waals surface area contributed by atoms with Crippen LogP contribution in [0.2, 0.25) is 0 Å². The number of benzene rings is 6. The molecule has 2 saturated carbocycles. The van der Waals surface area contributed by atoms with E-state index in [0.29, 0.717) is 33.6 Å². The maximum atomic E-state index is 13.8. The predicted octanol–water partition coefficient (Wildman–Crippen LogP) is 15.1. The van der Waals surface area contributed by atoms with Crippen molar-refractivity contribution in [2.75, 3.05) is 0 Å². The van der Waals surface area contributed by atoms with Crippen molar-refractivity contribution in [2.45, 2.75) is 113 Å². The van der Waals surface area contributed by atoms with Crippen molar-refractivity contribution in [3.8, 4) is 11.1 Å². The van der Waals surface area contributed by atoms with Crippen LogP contribution in [0.1, 0.15) is 113 Å². The molecule has 6 aromatic carbocycles. The minimum Gasteiger partial charge on any atom is -1.00 e. The molecule has 0 aliphatic heterocycles. The molecule has 0 radical (unpaired) electrons. The van der Waals surface area contributed by atoms with Crippen molar-refractivity contribution < 1.29 is 77.3 Å². The van der Waals surface area contributed by atoms with Crippen LogP contribution in [0.25, 0.3) is 11.1 Å². The van der Waals surface area contributed by atoms with Gasteiger partial charge in [0.1, 0.15) is 5.78 Å². The van der Waals surface area contributed by atoms with Gasteiger partial charge in [0.05, 0.1) is 4.47 Å². The third-order valence-electron chi connectivity index (χ3n) is 11.9. The van der Waals surface area contributed by atoms with Gasteiger partial charge in [0.2, 0.25) is 0 Å². The number of aryl methyl sites for hydroxylation is 6. The Labute approximate surface area is 453 Å². The summed E-state index contributed by atoms with van der Waals surface area (Å²) in [5, 5.41) is 0. The van der Waals surface area contributed by atoms with Crippen molar-refractivity contribution in [3.05, 3.63) is 198 Å². The van der Waals surface area contributed by atoms with E-state index in [1.165, 1.54) is 95.3 Å². The number of hydrogen-bond donors (Lipinski definition) is 0. The Hall–Kier alpha value is -4.12. The number of carbonyl (C=O) groups excluding carboxylic acids is 1. The molecule has 0 heterocycles. The topological polar surface area (TPSA) is 17.1 Å². The van der Waals surface area contributed by atoms with Crippen LogP contribution in [0.4, 0.5) is 52.7 Å². The van der Waals surface area contributed by atoms with Gasteiger partial charge in [-0.3, -0.25) is 9.18 Å². The fourth-order valence-electron chi connectivity index (χ4n) is 7.12. The van der Waals surface area contributed by atoms with Gasteiger partial charge in [0.15, 0.2) is 58.2 Å². The summed E-state index contributed by atoms with van der Waals surface area (Å²) in [7, 11) is 0. The van der Waals surface area contributed by atoms with E-state index in [4.69, 9.17) is 0 Å². The molecule has 0 saturated heterocycles. The number of ketones is 1. The second-order valence-electron chi connectivity index (χ2n) is 17.5. The maximum Gasteiger partial charge on any atom is 2.00 e. The summed E-state index contributed by atoms with van der Waals surface area (Å²) in [6.45, 7) is 13.4. The van der Waals surface area contributed by atoms with Crippen molar-refractivity contribution in [2.24, 2.45) is 11.8 Å². The van der Waals surface area contributed by atoms with Crippen LogP contribution in [0.5, 0.6) is 0 Å². The standard InChI is InChI=1S/C14H10F4.C14H18F2.C7H5BrF2.C7H6F2.C7H5F2.C7H12O.BrH.Mg/c1-7-3-5-9(13(17)11(7)15)10-6-4-8(2)12(16)14(10)18;1-9-3-6-11(7-4-9)12-8-5-10(2)13(15)14(12)16;1-4-2-3-5(8)7(10)6(4)9;2*1-5-3-2-4-6(8)7(5)9;1-6-2-4-7(8)5-3-6;;/h3-6H,1-2H3;5,8-9,11H,3-4,6-7H2,1-2H3;2-3H,1H3;2-4H,1H3;2-3H,1H3;6H,2-5H2,1H3;1H;/q;;;;-1;;;+2/p+1. The molecule has 2 fully saturated rings. The van der Waals surface area contributed by atoms with Gasteiger partial charge in [-0.15, -0.1) is 11.6 Å². The summed E-state index contributed by atoms with van der Waals surface area (Å²) in [5.41, 5.74) is 1.61. The van der Waals surface area contributed by atoms with Gasteiger partial charge in [-0.2, -0.15) is 12.1 Å². The first-order valence-electron chi connectivity index (χ1n) is 22.6. The third-order valence-corrected chi connectivity index (χ3v) is 12.5. The molecule has 386 valence electrons. The summed E-state index contributed by atoms with van der Waals surface area (Å²) in [4.78, 5) is 10.6. The van der Waals surface area contributed by atoms with Crippen LogP contribution in [0.3, 0.4) is 0 Å². The number of hydrogen-bond acceptors (Lipinski definition) is 1. The predicted molar refractivity (Wildman–Crippen MR) is 263 cm³/mol. The van der Waals surface area contributed by atoms with Gasteiger partial charge in [-0.25, -0.2) is 48.3 Å². The van der Waals surface area contributed by atoms with Gasteiger partial charge in [0, 0.05) is 35.6 Å². The number of carbonyl (C=O) groups is 1. The minimum absolute atomic E-state index is 0. The van der Waals surface area contributed by atoms with Crippen LogP contribution in [0, 0.1) is 129 Å². The molecule has 0 aromatic heterocycles. The zero-order valence-corrected chi connectivity index (χ0v) is 45.9. The Morgan fingerprint density at radius 1 is 0.458 bits per heavy atom. The fraction of sp³-hybridized carbons (Fsp3) is 0.339. The SMILES string of the molecule is CC1CCC(=O)CC1.Cc1cc[c-]c(F)c1F.Cc1ccc(-c2ccc(C)c(F)c2F)c(F)c1F.Cc1ccc(Br)c(F)c1F.Cc1ccc(C2CCC(C)CC2)c(F)c1F.Cc1cccc(F)c1F.[Br-].[H+].[H+].[Mg+2]. The Morgan fingerprint density at radius 2 is 0.861 bits per heavy atom. The van der Waals surface area contributed by atoms with Crippen molar-refractivity contribution >= 4 is 44.8 Å². The Morgan fingerprint density at radius 3 is 1.28 bits per heavy atom. The van der Waals surface area contributed by atoms with Crippen LogP contribution in [-0.2, 0) is 4.79 Å². The molecule has 0 amide bonds. The molecule has 2 aliphatic carbocycles. The van der Waals surface area contributed by atoms with Crippen LogP contribution >= 0.6 is 15.9 Å². The van der Waals surface area contributed by atoms with Gasteiger partial charge in [-0.1, -0.05) is 88.2 Å². The summed E-state index contributed by atoms with van der Waals surface area (Å²) in [5.74, 6) is -8.38. The summed E-state index contributed by atoms with van der Waals surface area (Å²) >= 11 is 2.87. The molecular formula is C56H58Br2F12MgO+2. The Kier molecular flexibility index (Phi) is 28.9. The van der Waals surface area contributed by atoms with Crippen LogP contribution in [-0.4, -0.2) is 28.8 Å². The molecule has 72 heavy (non-hydrogen) atoms. The van der Waals surface area contributed by atoms with Crippen LogP contribution < -0.4 is 17.0 Å². The number of halogens is 14. The molecule has 0 unspecified atom stereocenters. The molecule has 0 spiro atoms. The number of rotatable bonds is 2.